The molecular formula is C2H5N3O. The van der Waals surface area contributed by atoms with Gasteiger partial charge in [-0.25, -0.2) is 0 Å². The molecule has 4 N–H and O–H groups in total. The smallest absolute Gasteiger partial charge is 0.283 e. The molecule has 0 heterocycles. The van der Waals surface area contributed by atoms with E-state index in [4.69, 9.17) is 15.8 Å². The Kier molecular flexibility index (Phi) is 73.0. The molecule has 0 amide bonds. The maximum absolute atomic E-state index is 6.88. The number of nitrogens with one attached hydrogen (secondary N) is 1. The van der Waals surface area contributed by atoms with Gasteiger partial charge in [-0.3, -0.25) is 5.41 Å². The predicted octanol–water partition coefficient (Wildman–Crippen LogP) is -0.608. The molecule has 4 heteroatoms. The average Bonchev–Trinajstić information content (AvgIpc) is 1.39. The number of aliphatic hydroxyl groups excluding tert-OH is 1. The van der Waals surface area contributed by atoms with Gasteiger partial charge in [0.2, 0.25) is 0 Å². The van der Waals surface area contributed by atoms with Crippen molar-refractivity contribution in [3.63, 3.8) is 0 Å². The summed E-state index contributed by atoms with van der Waals surface area (Å²) >= 11 is 0. The first-order chi connectivity index (χ1) is 2.83. The zero-order valence-corrected chi connectivity index (χ0v) is 3.05. The Bertz CT molecular complexity index is 54.3. The Balaban J connectivity index is 0. The highest BCUT2D eigenvalue weighted by Crippen LogP contribution is 1.06. The van der Waals surface area contributed by atoms with Crippen LogP contribution in [0.1, 0.15) is 0 Å². The van der Waals surface area contributed by atoms with Crippen LogP contribution in [0.5, 0.6) is 0 Å². The summed E-state index contributed by atoms with van der Waals surface area (Å²) in [5, 5.41) is 19.6. The van der Waals surface area contributed by atoms with Gasteiger partial charge >= 0.3 is 0 Å². The van der Waals surface area contributed by atoms with Crippen LogP contribution in [0.2, 0.25) is 0 Å². The van der Waals surface area contributed by atoms with Crippen molar-refractivity contribution in [3.05, 3.63) is 0 Å². The molecule has 4 nitrogen and oxygen atoms in total. The topological polar surface area (TPSA) is 93.9 Å². The summed E-state index contributed by atoms with van der Waals surface area (Å²) in [5.74, 6) is 0. The molecule has 0 aliphatic rings. The van der Waals surface area contributed by atoms with Crippen molar-refractivity contribution in [2.45, 2.75) is 0 Å². The van der Waals surface area contributed by atoms with E-state index in [0.717, 1.165) is 12.6 Å². The number of hydrogen-bond donors (Lipinski definition) is 3. The summed E-state index contributed by atoms with van der Waals surface area (Å²) in [6.45, 7) is 0. The summed E-state index contributed by atoms with van der Waals surface area (Å²) in [5.41, 5.74) is 4.39. The monoisotopic (exact) mass is 87.0 g/mol. The molecule has 0 aromatic carbocycles. The van der Waals surface area contributed by atoms with Crippen LogP contribution < -0.4 is 5.73 Å². The van der Waals surface area contributed by atoms with E-state index in [2.05, 4.69) is 5.73 Å². The zero-order chi connectivity index (χ0) is 5.41. The third-order valence-electron chi connectivity index (χ3n) is 0. The number of nitrogens with zero attached hydrogens (tertiary/aromatic N) is 1. The van der Waals surface area contributed by atoms with E-state index in [1.54, 1.807) is 0 Å². The predicted molar refractivity (Wildman–Crippen MR) is 20.5 cm³/mol. The van der Waals surface area contributed by atoms with Crippen LogP contribution in [0.4, 0.5) is 0 Å². The maximum Gasteiger partial charge on any atom is 0.283 e. The van der Waals surface area contributed by atoms with Crippen molar-refractivity contribution in [1.29, 1.82) is 10.7 Å². The highest BCUT2D eigenvalue weighted by Gasteiger charge is 1.16. The van der Waals surface area contributed by atoms with Crippen molar-refractivity contribution >= 4 is 6.34 Å². The van der Waals surface area contributed by atoms with Crippen LogP contribution >= 0.6 is 0 Å². The summed E-state index contributed by atoms with van der Waals surface area (Å²) in [4.78, 5) is 0. The van der Waals surface area contributed by atoms with Crippen LogP contribution in [0.25, 0.3) is 0 Å². The number of hydrogen-bond acceptors (Lipinski definition) is 3. The minimum Gasteiger partial charge on any atom is -0.443 e. The minimum absolute atomic E-state index is 0.750. The van der Waals surface area contributed by atoms with Crippen molar-refractivity contribution in [2.24, 2.45) is 5.73 Å². The molecule has 0 atom stereocenters. The molecule has 0 aromatic heterocycles. The van der Waals surface area contributed by atoms with Crippen LogP contribution in [0.3, 0.4) is 0 Å². The minimum atomic E-state index is 0.750. The highest BCUT2D eigenvalue weighted by molar-refractivity contribution is 5.46. The largest absolute Gasteiger partial charge is 0.443 e. The average molecular weight is 87.1 g/mol. The number of nitrogens with two attached hydrogens (primary N) is 1. The number of nitriles is 1. The summed E-state index contributed by atoms with van der Waals surface area (Å²) in [6, 6.07) is 0. The van der Waals surface area contributed by atoms with Gasteiger partial charge in [0.25, 0.3) is 6.26 Å². The molecule has 0 rings (SSSR count). The molecule has 0 unspecified atom stereocenters. The van der Waals surface area contributed by atoms with Crippen LogP contribution in [-0.4, -0.2) is 11.4 Å². The molecule has 0 spiro atoms. The van der Waals surface area contributed by atoms with E-state index >= 15 is 0 Å². The summed E-state index contributed by atoms with van der Waals surface area (Å²) in [6.07, 6.45) is 1.50. The molecule has 0 aromatic rings. The second-order valence-electron chi connectivity index (χ2n) is 0.267. The molecule has 0 aliphatic heterocycles. The van der Waals surface area contributed by atoms with Crippen LogP contribution in [0, 0.1) is 16.9 Å². The van der Waals surface area contributed by atoms with Gasteiger partial charge in [0.15, 0.2) is 0 Å². The number of aliphatic hydroxyl groups is 1. The lowest BCUT2D eigenvalue weighted by atomic mass is 11.4. The van der Waals surface area contributed by atoms with Crippen molar-refractivity contribution in [3.8, 4) is 6.26 Å². The Morgan fingerprint density at radius 3 is 2.00 bits per heavy atom. The van der Waals surface area contributed by atoms with Gasteiger partial charge in [-0.2, -0.15) is 5.26 Å². The fraction of sp³-hybridized carbons (Fsp3) is 0. The highest BCUT2D eigenvalue weighted by atomic mass is 16.2. The van der Waals surface area contributed by atoms with E-state index in [1.165, 1.54) is 0 Å². The van der Waals surface area contributed by atoms with Crippen molar-refractivity contribution < 1.29 is 5.11 Å². The lowest BCUT2D eigenvalue weighted by Crippen LogP contribution is -1.81. The van der Waals surface area contributed by atoms with E-state index in [-0.39, 0.29) is 0 Å². The Morgan fingerprint density at radius 2 is 2.00 bits per heavy atom. The molecule has 0 saturated heterocycles. The van der Waals surface area contributed by atoms with Crippen LogP contribution in [0.15, 0.2) is 0 Å². The molecule has 0 aliphatic carbocycles. The first-order valence-electron chi connectivity index (χ1n) is 1.07. The fourth-order valence-corrected chi connectivity index (χ4v) is 0. The molecule has 6 heavy (non-hydrogen) atoms. The quantitative estimate of drug-likeness (QED) is 0.209. The molecule has 34 valence electrons. The van der Waals surface area contributed by atoms with Gasteiger partial charge < -0.3 is 10.8 Å². The summed E-state index contributed by atoms with van der Waals surface area (Å²) < 4.78 is 0. The maximum atomic E-state index is 6.88. The second kappa shape index (κ2) is 49.6. The lowest BCUT2D eigenvalue weighted by Gasteiger charge is -1.38. The Labute approximate surface area is 35.3 Å². The molecule has 0 saturated carbocycles. The van der Waals surface area contributed by atoms with Gasteiger partial charge in [-0.15, -0.1) is 0 Å². The third-order valence-corrected chi connectivity index (χ3v) is 0. The Morgan fingerprint density at radius 1 is 2.00 bits per heavy atom. The van der Waals surface area contributed by atoms with Crippen molar-refractivity contribution in [1.82, 2.24) is 0 Å². The zero-order valence-electron chi connectivity index (χ0n) is 3.05. The van der Waals surface area contributed by atoms with E-state index in [0.29, 0.717) is 0 Å². The summed E-state index contributed by atoms with van der Waals surface area (Å²) in [7, 11) is 0. The van der Waals surface area contributed by atoms with Gasteiger partial charge in [0.05, 0.1) is 6.34 Å². The molecular weight excluding hydrogens is 82.0 g/mol. The fourth-order valence-electron chi connectivity index (χ4n) is 0. The lowest BCUT2D eigenvalue weighted by molar-refractivity contribution is 0.503. The van der Waals surface area contributed by atoms with Crippen LogP contribution in [-0.2, 0) is 0 Å². The van der Waals surface area contributed by atoms with E-state index in [9.17, 15) is 0 Å². The molecule has 0 bridgehead atoms. The van der Waals surface area contributed by atoms with Gasteiger partial charge in [-0.1, -0.05) is 0 Å². The van der Waals surface area contributed by atoms with E-state index in [1.807, 2.05) is 0 Å². The normalized spacial score (nSPS) is 3.17. The molecule has 0 radical (unpaired) electrons. The SMILES string of the molecule is N#CO.N=CN. The van der Waals surface area contributed by atoms with Gasteiger partial charge in [0.1, 0.15) is 0 Å². The van der Waals surface area contributed by atoms with Gasteiger partial charge in [0, 0.05) is 0 Å². The standard InChI is InChI=1S/CH4N2.CHNO/c2*2-1-3/h1H,(H3,2,3);3H. The second-order valence-corrected chi connectivity index (χ2v) is 0.267. The number of rotatable bonds is 0. The van der Waals surface area contributed by atoms with Crippen molar-refractivity contribution in [2.75, 3.05) is 0 Å². The molecule has 0 fully saturated rings. The van der Waals surface area contributed by atoms with Gasteiger partial charge in [-0.05, 0) is 0 Å². The van der Waals surface area contributed by atoms with E-state index < -0.39 is 0 Å². The Hall–Kier alpha value is -1.24. The first kappa shape index (κ1) is 8.83. The first-order valence-corrected chi connectivity index (χ1v) is 1.07. The third kappa shape index (κ3) is 5.56.